The largest absolute Gasteiger partial charge is 0.373 e. The first-order valence-electron chi connectivity index (χ1n) is 6.97. The molecular formula is C16H22N4. The van der Waals surface area contributed by atoms with Crippen molar-refractivity contribution < 1.29 is 0 Å². The van der Waals surface area contributed by atoms with E-state index in [2.05, 4.69) is 58.3 Å². The monoisotopic (exact) mass is 270 g/mol. The van der Waals surface area contributed by atoms with Gasteiger partial charge in [-0.15, -0.1) is 0 Å². The summed E-state index contributed by atoms with van der Waals surface area (Å²) in [4.78, 5) is 11.4. The van der Waals surface area contributed by atoms with Crippen molar-refractivity contribution in [3.63, 3.8) is 0 Å². The molecule has 0 atom stereocenters. The van der Waals surface area contributed by atoms with Gasteiger partial charge < -0.3 is 10.2 Å². The Morgan fingerprint density at radius 1 is 1.15 bits per heavy atom. The first-order valence-corrected chi connectivity index (χ1v) is 6.97. The van der Waals surface area contributed by atoms with Crippen molar-refractivity contribution in [1.82, 2.24) is 9.97 Å². The molecule has 0 amide bonds. The van der Waals surface area contributed by atoms with E-state index in [1.807, 2.05) is 20.0 Å². The van der Waals surface area contributed by atoms with E-state index in [1.54, 1.807) is 0 Å². The molecule has 0 radical (unpaired) electrons. The Labute approximate surface area is 120 Å². The van der Waals surface area contributed by atoms with Crippen molar-refractivity contribution in [1.29, 1.82) is 0 Å². The van der Waals surface area contributed by atoms with Crippen LogP contribution in [0.15, 0.2) is 30.3 Å². The van der Waals surface area contributed by atoms with E-state index >= 15 is 0 Å². The zero-order valence-electron chi connectivity index (χ0n) is 12.6. The summed E-state index contributed by atoms with van der Waals surface area (Å²) in [6.07, 6.45) is 0. The number of para-hydroxylation sites is 1. The molecule has 4 nitrogen and oxygen atoms in total. The molecular weight excluding hydrogens is 248 g/mol. The van der Waals surface area contributed by atoms with Crippen LogP contribution in [0.4, 0.5) is 11.5 Å². The average molecular weight is 270 g/mol. The minimum atomic E-state index is 0.720. The highest BCUT2D eigenvalue weighted by Gasteiger charge is 2.10. The molecule has 4 heteroatoms. The fourth-order valence-corrected chi connectivity index (χ4v) is 2.29. The molecule has 1 N–H and O–H groups in total. The Balaban J connectivity index is 2.27. The predicted molar refractivity (Wildman–Crippen MR) is 84.2 cm³/mol. The molecule has 0 saturated carbocycles. The van der Waals surface area contributed by atoms with Gasteiger partial charge in [0.1, 0.15) is 11.6 Å². The molecule has 1 aromatic carbocycles. The third kappa shape index (κ3) is 3.26. The number of nitrogens with one attached hydrogen (secondary N) is 1. The first kappa shape index (κ1) is 14.3. The number of benzene rings is 1. The Morgan fingerprint density at radius 2 is 1.90 bits per heavy atom. The number of hydrogen-bond acceptors (Lipinski definition) is 4. The van der Waals surface area contributed by atoms with Gasteiger partial charge in [0.25, 0.3) is 0 Å². The maximum atomic E-state index is 4.53. The van der Waals surface area contributed by atoms with Crippen LogP contribution in [0.2, 0.25) is 0 Å². The van der Waals surface area contributed by atoms with Crippen LogP contribution in [0.1, 0.15) is 24.0 Å². The zero-order valence-corrected chi connectivity index (χ0v) is 12.6. The van der Waals surface area contributed by atoms with Gasteiger partial charge in [-0.2, -0.15) is 0 Å². The molecule has 0 saturated heterocycles. The minimum Gasteiger partial charge on any atom is -0.373 e. The summed E-state index contributed by atoms with van der Waals surface area (Å²) in [6, 6.07) is 10.4. The van der Waals surface area contributed by atoms with Gasteiger partial charge >= 0.3 is 0 Å². The second kappa shape index (κ2) is 6.37. The molecule has 0 aliphatic carbocycles. The van der Waals surface area contributed by atoms with E-state index < -0.39 is 0 Å². The Kier molecular flexibility index (Phi) is 4.56. The SMILES string of the molecule is CCN(Cc1nc(C)cc(NC)n1)c1ccccc1C. The standard InChI is InChI=1S/C16H22N4/c1-5-20(14-9-7-6-8-12(14)2)11-16-18-13(3)10-15(17-4)19-16/h6-10H,5,11H2,1-4H3,(H,17,18,19). The van der Waals surface area contributed by atoms with Crippen LogP contribution in [0.25, 0.3) is 0 Å². The van der Waals surface area contributed by atoms with Crippen LogP contribution in [0.3, 0.4) is 0 Å². The molecule has 2 aromatic rings. The summed E-state index contributed by atoms with van der Waals surface area (Å²) in [6.45, 7) is 7.93. The molecule has 20 heavy (non-hydrogen) atoms. The number of nitrogens with zero attached hydrogens (tertiary/aromatic N) is 3. The molecule has 0 bridgehead atoms. The highest BCUT2D eigenvalue weighted by Crippen LogP contribution is 2.20. The highest BCUT2D eigenvalue weighted by atomic mass is 15.2. The van der Waals surface area contributed by atoms with Crippen LogP contribution in [0, 0.1) is 13.8 Å². The van der Waals surface area contributed by atoms with Crippen molar-refractivity contribution in [3.05, 3.63) is 47.4 Å². The lowest BCUT2D eigenvalue weighted by atomic mass is 10.2. The number of hydrogen-bond donors (Lipinski definition) is 1. The molecule has 106 valence electrons. The molecule has 0 aliphatic heterocycles. The molecule has 0 unspecified atom stereocenters. The quantitative estimate of drug-likeness (QED) is 0.906. The third-order valence-electron chi connectivity index (χ3n) is 3.33. The van der Waals surface area contributed by atoms with Gasteiger partial charge in [0.15, 0.2) is 0 Å². The van der Waals surface area contributed by atoms with Crippen molar-refractivity contribution in [3.8, 4) is 0 Å². The minimum absolute atomic E-state index is 0.720. The van der Waals surface area contributed by atoms with Crippen LogP contribution in [-0.4, -0.2) is 23.6 Å². The van der Waals surface area contributed by atoms with Gasteiger partial charge in [-0.1, -0.05) is 18.2 Å². The number of aryl methyl sites for hydroxylation is 2. The highest BCUT2D eigenvalue weighted by molar-refractivity contribution is 5.53. The molecule has 0 aliphatic rings. The van der Waals surface area contributed by atoms with Crippen LogP contribution in [0.5, 0.6) is 0 Å². The second-order valence-electron chi connectivity index (χ2n) is 4.86. The Bertz CT molecular complexity index is 580. The summed E-state index contributed by atoms with van der Waals surface area (Å²) in [5.41, 5.74) is 3.50. The van der Waals surface area contributed by atoms with Crippen molar-refractivity contribution in [2.24, 2.45) is 0 Å². The lowest BCUT2D eigenvalue weighted by molar-refractivity contribution is 0.773. The predicted octanol–water partition coefficient (Wildman–Crippen LogP) is 3.16. The topological polar surface area (TPSA) is 41.1 Å². The van der Waals surface area contributed by atoms with E-state index in [0.717, 1.165) is 30.4 Å². The number of anilines is 2. The second-order valence-corrected chi connectivity index (χ2v) is 4.86. The van der Waals surface area contributed by atoms with Gasteiger partial charge in [-0.3, -0.25) is 0 Å². The fraction of sp³-hybridized carbons (Fsp3) is 0.375. The van der Waals surface area contributed by atoms with E-state index in [9.17, 15) is 0 Å². The molecule has 2 rings (SSSR count). The van der Waals surface area contributed by atoms with Crippen molar-refractivity contribution in [2.75, 3.05) is 23.8 Å². The van der Waals surface area contributed by atoms with E-state index in [-0.39, 0.29) is 0 Å². The van der Waals surface area contributed by atoms with Gasteiger partial charge in [0.2, 0.25) is 0 Å². The van der Waals surface area contributed by atoms with Crippen LogP contribution < -0.4 is 10.2 Å². The summed E-state index contributed by atoms with van der Waals surface area (Å²) in [5.74, 6) is 1.72. The summed E-state index contributed by atoms with van der Waals surface area (Å²) < 4.78 is 0. The Morgan fingerprint density at radius 3 is 2.55 bits per heavy atom. The van der Waals surface area contributed by atoms with E-state index in [4.69, 9.17) is 0 Å². The Hall–Kier alpha value is -2.10. The molecule has 1 heterocycles. The first-order chi connectivity index (χ1) is 9.63. The molecule has 0 fully saturated rings. The number of aromatic nitrogens is 2. The smallest absolute Gasteiger partial charge is 0.150 e. The lowest BCUT2D eigenvalue weighted by Gasteiger charge is -2.24. The van der Waals surface area contributed by atoms with Gasteiger partial charge in [0, 0.05) is 31.0 Å². The normalized spacial score (nSPS) is 10.4. The third-order valence-corrected chi connectivity index (χ3v) is 3.33. The van der Waals surface area contributed by atoms with Crippen LogP contribution >= 0.6 is 0 Å². The maximum absolute atomic E-state index is 4.53. The van der Waals surface area contributed by atoms with Crippen molar-refractivity contribution in [2.45, 2.75) is 27.3 Å². The van der Waals surface area contributed by atoms with E-state index in [1.165, 1.54) is 11.3 Å². The van der Waals surface area contributed by atoms with Gasteiger partial charge in [-0.25, -0.2) is 9.97 Å². The van der Waals surface area contributed by atoms with E-state index in [0.29, 0.717) is 0 Å². The van der Waals surface area contributed by atoms with Crippen LogP contribution in [-0.2, 0) is 6.54 Å². The maximum Gasteiger partial charge on any atom is 0.150 e. The van der Waals surface area contributed by atoms with Crippen molar-refractivity contribution >= 4 is 11.5 Å². The fourth-order valence-electron chi connectivity index (χ4n) is 2.29. The average Bonchev–Trinajstić information content (AvgIpc) is 2.45. The number of rotatable bonds is 5. The molecule has 0 spiro atoms. The lowest BCUT2D eigenvalue weighted by Crippen LogP contribution is -2.24. The summed E-state index contributed by atoms with van der Waals surface area (Å²) in [5, 5.41) is 3.08. The zero-order chi connectivity index (χ0) is 14.5. The van der Waals surface area contributed by atoms with Gasteiger partial charge in [0.05, 0.1) is 6.54 Å². The molecule has 1 aromatic heterocycles. The summed E-state index contributed by atoms with van der Waals surface area (Å²) >= 11 is 0. The van der Waals surface area contributed by atoms with Gasteiger partial charge in [-0.05, 0) is 32.4 Å². The summed E-state index contributed by atoms with van der Waals surface area (Å²) in [7, 11) is 1.88.